The minimum Gasteiger partial charge on any atom is -0.435 e. The molecule has 1 aliphatic rings. The van der Waals surface area contributed by atoms with Gasteiger partial charge in [-0.3, -0.25) is 14.7 Å². The van der Waals surface area contributed by atoms with Crippen molar-refractivity contribution in [3.05, 3.63) is 59.4 Å². The Labute approximate surface area is 142 Å². The van der Waals surface area contributed by atoms with E-state index in [4.69, 9.17) is 5.73 Å². The van der Waals surface area contributed by atoms with Gasteiger partial charge in [-0.2, -0.15) is 8.78 Å². The fourth-order valence-corrected chi connectivity index (χ4v) is 2.88. The molecule has 3 rings (SSSR count). The molecule has 1 aromatic carbocycles. The zero-order valence-corrected chi connectivity index (χ0v) is 13.6. The van der Waals surface area contributed by atoms with Gasteiger partial charge in [-0.25, -0.2) is 4.99 Å². The summed E-state index contributed by atoms with van der Waals surface area (Å²) in [6.45, 7) is -1.30. The van der Waals surface area contributed by atoms with Crippen LogP contribution in [-0.4, -0.2) is 35.4 Å². The first kappa shape index (κ1) is 16.8. The highest BCUT2D eigenvalue weighted by Crippen LogP contribution is 2.40. The highest BCUT2D eigenvalue weighted by Gasteiger charge is 2.49. The van der Waals surface area contributed by atoms with E-state index in [1.54, 1.807) is 43.6 Å². The third-order valence-electron chi connectivity index (χ3n) is 4.15. The van der Waals surface area contributed by atoms with Crippen LogP contribution in [0.3, 0.4) is 0 Å². The van der Waals surface area contributed by atoms with Crippen LogP contribution >= 0.6 is 0 Å². The van der Waals surface area contributed by atoms with Gasteiger partial charge in [0.05, 0.1) is 0 Å². The van der Waals surface area contributed by atoms with Crippen LogP contribution in [0.25, 0.3) is 0 Å². The number of nitrogens with two attached hydrogens (primary N) is 1. The van der Waals surface area contributed by atoms with Crippen molar-refractivity contribution in [3.63, 3.8) is 0 Å². The predicted molar refractivity (Wildman–Crippen MR) is 87.2 cm³/mol. The summed E-state index contributed by atoms with van der Waals surface area (Å²) >= 11 is 0. The molecule has 130 valence electrons. The van der Waals surface area contributed by atoms with E-state index in [1.807, 2.05) is 0 Å². The SMILES string of the molecule is Cc1cc(C2(c3ccncc3)N=C(N)N(C)C2=O)ccc1OC(F)F. The number of carbonyl (C=O) groups excluding carboxylic acids is 1. The van der Waals surface area contributed by atoms with E-state index in [-0.39, 0.29) is 17.6 Å². The summed E-state index contributed by atoms with van der Waals surface area (Å²) in [5.41, 5.74) is 6.04. The first-order valence-corrected chi connectivity index (χ1v) is 7.46. The molecule has 2 heterocycles. The summed E-state index contributed by atoms with van der Waals surface area (Å²) in [5.74, 6) is -0.218. The number of guanidine groups is 1. The van der Waals surface area contributed by atoms with Gasteiger partial charge in [0.25, 0.3) is 5.91 Å². The maximum atomic E-state index is 13.0. The van der Waals surface area contributed by atoms with Crippen molar-refractivity contribution in [3.8, 4) is 5.75 Å². The monoisotopic (exact) mass is 346 g/mol. The Bertz CT molecular complexity index is 842. The van der Waals surface area contributed by atoms with E-state index >= 15 is 0 Å². The van der Waals surface area contributed by atoms with Gasteiger partial charge in [0.2, 0.25) is 0 Å². The molecule has 6 nitrogen and oxygen atoms in total. The van der Waals surface area contributed by atoms with E-state index in [2.05, 4.69) is 14.7 Å². The lowest BCUT2D eigenvalue weighted by atomic mass is 9.82. The van der Waals surface area contributed by atoms with E-state index in [9.17, 15) is 13.6 Å². The molecule has 0 saturated carbocycles. The second kappa shape index (κ2) is 6.12. The molecule has 1 aromatic heterocycles. The van der Waals surface area contributed by atoms with Gasteiger partial charge >= 0.3 is 6.61 Å². The number of pyridine rings is 1. The average Bonchev–Trinajstić information content (AvgIpc) is 2.82. The van der Waals surface area contributed by atoms with Crippen molar-refractivity contribution in [1.29, 1.82) is 0 Å². The van der Waals surface area contributed by atoms with Gasteiger partial charge in [0, 0.05) is 19.4 Å². The Hall–Kier alpha value is -3.03. The lowest BCUT2D eigenvalue weighted by Gasteiger charge is -2.26. The minimum absolute atomic E-state index is 0.0411. The van der Waals surface area contributed by atoms with E-state index < -0.39 is 12.2 Å². The fraction of sp³-hybridized carbons (Fsp3) is 0.235. The third kappa shape index (κ3) is 2.69. The lowest BCUT2D eigenvalue weighted by molar-refractivity contribution is -0.129. The maximum absolute atomic E-state index is 13.0. The lowest BCUT2D eigenvalue weighted by Crippen LogP contribution is -2.41. The largest absolute Gasteiger partial charge is 0.435 e. The van der Waals surface area contributed by atoms with Gasteiger partial charge in [-0.15, -0.1) is 0 Å². The molecule has 0 fully saturated rings. The topological polar surface area (TPSA) is 80.8 Å². The van der Waals surface area contributed by atoms with Gasteiger partial charge in [0.15, 0.2) is 11.5 Å². The zero-order chi connectivity index (χ0) is 18.2. The van der Waals surface area contributed by atoms with Crippen LogP contribution in [0.5, 0.6) is 5.75 Å². The second-order valence-electron chi connectivity index (χ2n) is 5.64. The number of halogens is 2. The van der Waals surface area contributed by atoms with Crippen molar-refractivity contribution < 1.29 is 18.3 Å². The first-order chi connectivity index (χ1) is 11.9. The number of likely N-dealkylation sites (N-methyl/N-ethyl adjacent to an activating group) is 1. The molecule has 2 aromatic rings. The van der Waals surface area contributed by atoms with Crippen LogP contribution in [0.2, 0.25) is 0 Å². The van der Waals surface area contributed by atoms with Crippen LogP contribution < -0.4 is 10.5 Å². The normalized spacial score (nSPS) is 20.1. The van der Waals surface area contributed by atoms with Crippen molar-refractivity contribution in [2.24, 2.45) is 10.7 Å². The standard InChI is InChI=1S/C17H16F2N4O2/c1-10-9-12(3-4-13(10)25-15(18)19)17(11-5-7-21-8-6-11)14(24)23(2)16(20)22-17/h3-9,15H,1-2H3,(H2,20,22). The Balaban J connectivity index is 2.18. The Morgan fingerprint density at radius 3 is 2.40 bits per heavy atom. The van der Waals surface area contributed by atoms with Crippen molar-refractivity contribution >= 4 is 11.9 Å². The number of aryl methyl sites for hydroxylation is 1. The number of nitrogens with zero attached hydrogens (tertiary/aromatic N) is 3. The number of hydrogen-bond acceptors (Lipinski definition) is 5. The van der Waals surface area contributed by atoms with Crippen LogP contribution in [0.4, 0.5) is 8.78 Å². The number of carbonyl (C=O) groups is 1. The van der Waals surface area contributed by atoms with Crippen LogP contribution in [0, 0.1) is 6.92 Å². The highest BCUT2D eigenvalue weighted by molar-refractivity contribution is 6.08. The number of aromatic nitrogens is 1. The summed E-state index contributed by atoms with van der Waals surface area (Å²) in [4.78, 5) is 22.6. The maximum Gasteiger partial charge on any atom is 0.387 e. The summed E-state index contributed by atoms with van der Waals surface area (Å²) in [7, 11) is 1.53. The number of aliphatic imine (C=N–C) groups is 1. The van der Waals surface area contributed by atoms with E-state index in [0.717, 1.165) is 0 Å². The summed E-state index contributed by atoms with van der Waals surface area (Å²) in [6.07, 6.45) is 3.10. The summed E-state index contributed by atoms with van der Waals surface area (Å²) < 4.78 is 29.4. The molecule has 1 atom stereocenters. The summed E-state index contributed by atoms with van der Waals surface area (Å²) in [6, 6.07) is 7.89. The van der Waals surface area contributed by atoms with Crippen LogP contribution in [0.15, 0.2) is 47.7 Å². The molecular weight excluding hydrogens is 330 g/mol. The molecule has 0 bridgehead atoms. The number of alkyl halides is 2. The highest BCUT2D eigenvalue weighted by atomic mass is 19.3. The van der Waals surface area contributed by atoms with Crippen LogP contribution in [-0.2, 0) is 10.3 Å². The van der Waals surface area contributed by atoms with Gasteiger partial charge < -0.3 is 10.5 Å². The minimum atomic E-state index is -2.92. The van der Waals surface area contributed by atoms with Crippen molar-refractivity contribution in [2.45, 2.75) is 19.1 Å². The van der Waals surface area contributed by atoms with Crippen LogP contribution in [0.1, 0.15) is 16.7 Å². The summed E-state index contributed by atoms with van der Waals surface area (Å²) in [5, 5.41) is 0. The van der Waals surface area contributed by atoms with Crippen molar-refractivity contribution in [1.82, 2.24) is 9.88 Å². The molecule has 1 aliphatic heterocycles. The number of rotatable bonds is 4. The molecule has 1 unspecified atom stereocenters. The van der Waals surface area contributed by atoms with Gasteiger partial charge in [-0.05, 0) is 47.9 Å². The Kier molecular flexibility index (Phi) is 4.12. The number of amides is 1. The van der Waals surface area contributed by atoms with Gasteiger partial charge in [-0.1, -0.05) is 6.07 Å². The fourth-order valence-electron chi connectivity index (χ4n) is 2.88. The quantitative estimate of drug-likeness (QED) is 0.918. The van der Waals surface area contributed by atoms with Gasteiger partial charge in [0.1, 0.15) is 5.75 Å². The second-order valence-corrected chi connectivity index (χ2v) is 5.64. The average molecular weight is 346 g/mol. The van der Waals surface area contributed by atoms with E-state index in [0.29, 0.717) is 16.7 Å². The van der Waals surface area contributed by atoms with E-state index in [1.165, 1.54) is 18.0 Å². The molecule has 0 spiro atoms. The Morgan fingerprint density at radius 1 is 1.20 bits per heavy atom. The molecule has 0 aliphatic carbocycles. The first-order valence-electron chi connectivity index (χ1n) is 7.46. The molecule has 2 N–H and O–H groups in total. The molecular formula is C17H16F2N4O2. The molecule has 1 amide bonds. The smallest absolute Gasteiger partial charge is 0.387 e. The number of hydrogen-bond donors (Lipinski definition) is 1. The predicted octanol–water partition coefficient (Wildman–Crippen LogP) is 2.02. The molecule has 0 radical (unpaired) electrons. The molecule has 25 heavy (non-hydrogen) atoms. The number of ether oxygens (including phenoxy) is 1. The third-order valence-corrected chi connectivity index (χ3v) is 4.15. The Morgan fingerprint density at radius 2 is 1.88 bits per heavy atom. The molecule has 0 saturated heterocycles. The number of benzene rings is 1. The molecule has 8 heteroatoms. The van der Waals surface area contributed by atoms with Crippen molar-refractivity contribution in [2.75, 3.05) is 7.05 Å². The zero-order valence-electron chi connectivity index (χ0n) is 13.6.